The smallest absolute Gasteiger partial charge is 0.307 e. The summed E-state index contributed by atoms with van der Waals surface area (Å²) in [7, 11) is 0. The highest BCUT2D eigenvalue weighted by molar-refractivity contribution is 7.99. The molecule has 1 aliphatic rings. The van der Waals surface area contributed by atoms with Crippen molar-refractivity contribution in [2.24, 2.45) is 5.92 Å². The summed E-state index contributed by atoms with van der Waals surface area (Å²) >= 11 is 1.23. The normalized spacial score (nSPS) is 20.1. The lowest BCUT2D eigenvalue weighted by molar-refractivity contribution is -0.148. The highest BCUT2D eigenvalue weighted by Crippen LogP contribution is 2.23. The molecule has 0 aromatic heterocycles. The molecule has 1 aromatic rings. The fourth-order valence-electron chi connectivity index (χ4n) is 2.82. The van der Waals surface area contributed by atoms with Gasteiger partial charge in [0, 0.05) is 16.7 Å². The Morgan fingerprint density at radius 3 is 2.72 bits per heavy atom. The van der Waals surface area contributed by atoms with Gasteiger partial charge in [0.25, 0.3) is 5.91 Å². The molecule has 4 nitrogen and oxygen atoms in total. The van der Waals surface area contributed by atoms with Crippen LogP contribution in [0.1, 0.15) is 39.0 Å². The van der Waals surface area contributed by atoms with E-state index in [-0.39, 0.29) is 25.0 Å². The number of hydrogen-bond donors (Lipinski definition) is 1. The molecule has 1 fully saturated rings. The van der Waals surface area contributed by atoms with Crippen molar-refractivity contribution in [2.75, 3.05) is 12.4 Å². The third kappa shape index (κ3) is 6.65. The zero-order valence-electron chi connectivity index (χ0n) is 14.2. The summed E-state index contributed by atoms with van der Waals surface area (Å²) in [6, 6.07) is 3.74. The maximum Gasteiger partial charge on any atom is 0.307 e. The lowest BCUT2D eigenvalue weighted by Crippen LogP contribution is -2.42. The van der Waals surface area contributed by atoms with Crippen LogP contribution in [0, 0.1) is 17.6 Å². The largest absolute Gasteiger partial charge is 0.456 e. The molecule has 0 spiro atoms. The average molecular weight is 371 g/mol. The van der Waals surface area contributed by atoms with Crippen molar-refractivity contribution < 1.29 is 23.1 Å². The zero-order chi connectivity index (χ0) is 18.2. The predicted octanol–water partition coefficient (Wildman–Crippen LogP) is 3.69. The number of nitrogens with one attached hydrogen (secondary N) is 1. The molecule has 0 bridgehead atoms. The number of carbonyl (C=O) groups excluding carboxylic acids is 2. The highest BCUT2D eigenvalue weighted by atomic mass is 32.2. The third-order valence-electron chi connectivity index (χ3n) is 4.29. The molecule has 0 aliphatic heterocycles. The van der Waals surface area contributed by atoms with Crippen molar-refractivity contribution in [2.45, 2.75) is 50.0 Å². The van der Waals surface area contributed by atoms with Crippen molar-refractivity contribution in [3.8, 4) is 0 Å². The van der Waals surface area contributed by atoms with E-state index in [1.807, 2.05) is 0 Å². The maximum absolute atomic E-state index is 13.1. The summed E-state index contributed by atoms with van der Waals surface area (Å²) < 4.78 is 30.9. The fraction of sp³-hybridized carbons (Fsp3) is 0.556. The molecule has 1 saturated carbocycles. The van der Waals surface area contributed by atoms with Gasteiger partial charge in [0.1, 0.15) is 0 Å². The molecule has 1 aromatic carbocycles. The van der Waals surface area contributed by atoms with Crippen LogP contribution in [0.2, 0.25) is 0 Å². The third-order valence-corrected chi connectivity index (χ3v) is 5.28. The molecule has 1 aliphatic carbocycles. The van der Waals surface area contributed by atoms with Crippen molar-refractivity contribution in [3.63, 3.8) is 0 Å². The highest BCUT2D eigenvalue weighted by Gasteiger charge is 2.23. The van der Waals surface area contributed by atoms with Gasteiger partial charge in [-0.3, -0.25) is 9.59 Å². The first-order valence-corrected chi connectivity index (χ1v) is 9.47. The van der Waals surface area contributed by atoms with Crippen LogP contribution in [0.15, 0.2) is 23.1 Å². The van der Waals surface area contributed by atoms with Crippen LogP contribution in [0.3, 0.4) is 0 Å². The zero-order valence-corrected chi connectivity index (χ0v) is 15.0. The maximum atomic E-state index is 13.1. The first-order chi connectivity index (χ1) is 12.0. The van der Waals surface area contributed by atoms with Crippen LogP contribution in [0.4, 0.5) is 8.78 Å². The second-order valence-electron chi connectivity index (χ2n) is 6.27. The molecule has 25 heavy (non-hydrogen) atoms. The summed E-state index contributed by atoms with van der Waals surface area (Å²) in [5, 5.41) is 2.92. The van der Waals surface area contributed by atoms with Crippen LogP contribution < -0.4 is 5.32 Å². The summed E-state index contributed by atoms with van der Waals surface area (Å²) in [5.41, 5.74) is 0. The average Bonchev–Trinajstić information content (AvgIpc) is 2.58. The van der Waals surface area contributed by atoms with Gasteiger partial charge >= 0.3 is 5.97 Å². The number of rotatable bonds is 7. The van der Waals surface area contributed by atoms with Crippen LogP contribution in [0.5, 0.6) is 0 Å². The van der Waals surface area contributed by atoms with Gasteiger partial charge in [-0.2, -0.15) is 0 Å². The van der Waals surface area contributed by atoms with E-state index in [9.17, 15) is 18.4 Å². The predicted molar refractivity (Wildman–Crippen MR) is 92.2 cm³/mol. The lowest BCUT2D eigenvalue weighted by Gasteiger charge is -2.29. The van der Waals surface area contributed by atoms with Crippen LogP contribution in [-0.4, -0.2) is 30.3 Å². The molecule has 1 N–H and O–H groups in total. The molecular formula is C18H23F2NO3S. The lowest BCUT2D eigenvalue weighted by atomic mass is 9.86. The van der Waals surface area contributed by atoms with Gasteiger partial charge in [-0.1, -0.05) is 19.8 Å². The summed E-state index contributed by atoms with van der Waals surface area (Å²) in [6.07, 6.45) is 4.46. The first-order valence-electron chi connectivity index (χ1n) is 8.48. The number of thioether (sulfide) groups is 1. The minimum absolute atomic E-state index is 0.0940. The number of ether oxygens (including phenoxy) is 1. The van der Waals surface area contributed by atoms with Gasteiger partial charge < -0.3 is 10.1 Å². The fourth-order valence-corrected chi connectivity index (χ4v) is 3.67. The van der Waals surface area contributed by atoms with E-state index in [0.717, 1.165) is 31.4 Å². The van der Waals surface area contributed by atoms with Gasteiger partial charge in [0.2, 0.25) is 0 Å². The number of amides is 1. The molecular weight excluding hydrogens is 348 g/mol. The molecule has 138 valence electrons. The van der Waals surface area contributed by atoms with E-state index in [2.05, 4.69) is 12.2 Å². The van der Waals surface area contributed by atoms with E-state index in [1.54, 1.807) is 0 Å². The van der Waals surface area contributed by atoms with E-state index in [1.165, 1.54) is 24.2 Å². The topological polar surface area (TPSA) is 55.4 Å². The number of benzene rings is 1. The van der Waals surface area contributed by atoms with Crippen molar-refractivity contribution in [1.82, 2.24) is 5.32 Å². The van der Waals surface area contributed by atoms with Crippen molar-refractivity contribution >= 4 is 23.6 Å². The van der Waals surface area contributed by atoms with Gasteiger partial charge in [0.15, 0.2) is 18.2 Å². The van der Waals surface area contributed by atoms with E-state index < -0.39 is 17.6 Å². The molecule has 0 saturated heterocycles. The van der Waals surface area contributed by atoms with E-state index in [0.29, 0.717) is 16.6 Å². The Hall–Kier alpha value is -1.63. The van der Waals surface area contributed by atoms with Crippen LogP contribution in [0.25, 0.3) is 0 Å². The summed E-state index contributed by atoms with van der Waals surface area (Å²) in [5.74, 6) is -1.77. The van der Waals surface area contributed by atoms with Crippen molar-refractivity contribution in [3.05, 3.63) is 29.8 Å². The minimum atomic E-state index is -0.916. The molecule has 0 unspecified atom stereocenters. The van der Waals surface area contributed by atoms with E-state index >= 15 is 0 Å². The Labute approximate surface area is 150 Å². The monoisotopic (exact) mass is 371 g/mol. The van der Waals surface area contributed by atoms with Crippen LogP contribution >= 0.6 is 11.8 Å². The van der Waals surface area contributed by atoms with Gasteiger partial charge in [-0.15, -0.1) is 11.8 Å². The number of halogens is 2. The van der Waals surface area contributed by atoms with Gasteiger partial charge in [-0.05, 0) is 37.0 Å². The second kappa shape index (κ2) is 9.75. The SMILES string of the molecule is C[C@@H]1CCCC[C@H]1NC(=O)COC(=O)CCSc1ccc(F)c(F)c1. The van der Waals surface area contributed by atoms with Crippen LogP contribution in [-0.2, 0) is 14.3 Å². The molecule has 0 heterocycles. The standard InChI is InChI=1S/C18H23F2NO3S/c1-12-4-2-3-5-16(12)21-17(22)11-24-18(23)8-9-25-13-6-7-14(19)15(20)10-13/h6-7,10,12,16H,2-5,8-9,11H2,1H3,(H,21,22)/t12-,16-/m1/s1. The van der Waals surface area contributed by atoms with Gasteiger partial charge in [-0.25, -0.2) is 8.78 Å². The summed E-state index contributed by atoms with van der Waals surface area (Å²) in [6.45, 7) is 1.84. The molecule has 0 radical (unpaired) electrons. The Morgan fingerprint density at radius 1 is 1.24 bits per heavy atom. The van der Waals surface area contributed by atoms with Crippen molar-refractivity contribution in [1.29, 1.82) is 0 Å². The molecule has 1 amide bonds. The molecule has 2 atom stereocenters. The minimum Gasteiger partial charge on any atom is -0.456 e. The van der Waals surface area contributed by atoms with E-state index in [4.69, 9.17) is 4.74 Å². The number of carbonyl (C=O) groups is 2. The Kier molecular flexibility index (Phi) is 7.68. The number of esters is 1. The Balaban J connectivity index is 1.63. The second-order valence-corrected chi connectivity index (χ2v) is 7.44. The Morgan fingerprint density at radius 2 is 2.00 bits per heavy atom. The molecule has 2 rings (SSSR count). The molecule has 7 heteroatoms. The quantitative estimate of drug-likeness (QED) is 0.587. The number of hydrogen-bond acceptors (Lipinski definition) is 4. The van der Waals surface area contributed by atoms with Gasteiger partial charge in [0.05, 0.1) is 6.42 Å². The summed E-state index contributed by atoms with van der Waals surface area (Å²) in [4.78, 5) is 24.1. The first kappa shape index (κ1) is 19.7. The Bertz CT molecular complexity index is 612.